The molecule has 0 atom stereocenters. The van der Waals surface area contributed by atoms with E-state index in [1.54, 1.807) is 0 Å². The van der Waals surface area contributed by atoms with Crippen molar-refractivity contribution in [3.8, 4) is 0 Å². The molecule has 0 amide bonds. The molecule has 4 aromatic rings. The van der Waals surface area contributed by atoms with Gasteiger partial charge in [-0.05, 0) is 12.3 Å². The van der Waals surface area contributed by atoms with Gasteiger partial charge in [-0.3, -0.25) is 0 Å². The fourth-order valence-electron chi connectivity index (χ4n) is 5.34. The number of allylic oxidation sites excluding steroid dienone is 8. The summed E-state index contributed by atoms with van der Waals surface area (Å²) in [6.45, 7) is 8.82. The van der Waals surface area contributed by atoms with Crippen LogP contribution in [0.3, 0.4) is 0 Å². The van der Waals surface area contributed by atoms with Gasteiger partial charge in [-0.1, -0.05) is 42.5 Å². The first-order valence-corrected chi connectivity index (χ1v) is 13.3. The second-order valence-electron chi connectivity index (χ2n) is 9.52. The summed E-state index contributed by atoms with van der Waals surface area (Å²) >= 11 is 0. The van der Waals surface area contributed by atoms with Gasteiger partial charge in [-0.2, -0.15) is 0 Å². The molecule has 0 bridgehead atoms. The second-order valence-corrected chi connectivity index (χ2v) is 9.52. The molecule has 0 heterocycles. The van der Waals surface area contributed by atoms with E-state index in [2.05, 4.69) is 149 Å². The molecule has 37 heavy (non-hydrogen) atoms. The zero-order valence-corrected chi connectivity index (χ0v) is 22.0. The van der Waals surface area contributed by atoms with Crippen LogP contribution in [-0.4, -0.2) is 12.4 Å². The molecular weight excluding hydrogens is 443 g/mol. The first-order chi connectivity index (χ1) is 18.2. The third-order valence-corrected chi connectivity index (χ3v) is 7.15. The van der Waals surface area contributed by atoms with Crippen LogP contribution >= 0.6 is 0 Å². The molecule has 0 aliphatic heterocycles. The first kappa shape index (κ1) is 24.7. The van der Waals surface area contributed by atoms with Gasteiger partial charge in [0, 0.05) is 0 Å². The Kier molecular flexibility index (Phi) is 7.61. The fraction of sp³-hybridized carbons (Fsp3) is 0.139. The molecular formula is C36H33B. The minimum absolute atomic E-state index is 0.948. The normalized spacial score (nSPS) is 15.3. The van der Waals surface area contributed by atoms with Gasteiger partial charge in [0.05, 0.1) is 0 Å². The molecule has 0 N–H and O–H groups in total. The topological polar surface area (TPSA) is 0 Å². The van der Waals surface area contributed by atoms with Crippen LogP contribution in [0.4, 0.5) is 0 Å². The number of rotatable bonds is 5. The molecule has 0 aromatic heterocycles. The van der Waals surface area contributed by atoms with Crippen molar-refractivity contribution in [2.75, 3.05) is 0 Å². The number of hydrogen-bond acceptors (Lipinski definition) is 0. The van der Waals surface area contributed by atoms with Gasteiger partial charge in [0.1, 0.15) is 0 Å². The molecule has 0 radical (unpaired) electrons. The predicted molar refractivity (Wildman–Crippen MR) is 167 cm³/mol. The van der Waals surface area contributed by atoms with E-state index >= 15 is 0 Å². The van der Waals surface area contributed by atoms with E-state index in [1.165, 1.54) is 59.7 Å². The van der Waals surface area contributed by atoms with Crippen molar-refractivity contribution in [1.82, 2.24) is 0 Å². The van der Waals surface area contributed by atoms with Crippen molar-refractivity contribution in [1.29, 1.82) is 0 Å². The van der Waals surface area contributed by atoms with E-state index in [1.807, 2.05) is 0 Å². The average Bonchev–Trinajstić information content (AvgIpc) is 3.19. The van der Waals surface area contributed by atoms with Crippen LogP contribution in [0.15, 0.2) is 115 Å². The zero-order chi connectivity index (χ0) is 25.6. The first-order valence-electron chi connectivity index (χ1n) is 13.3. The molecule has 180 valence electrons. The molecule has 0 unspecified atom stereocenters. The van der Waals surface area contributed by atoms with Gasteiger partial charge in [-0.15, -0.1) is 0 Å². The quantitative estimate of drug-likeness (QED) is 0.204. The van der Waals surface area contributed by atoms with Crippen LogP contribution in [0.2, 0.25) is 6.32 Å². The zero-order valence-electron chi connectivity index (χ0n) is 22.0. The van der Waals surface area contributed by atoms with E-state index in [9.17, 15) is 0 Å². The molecule has 0 spiro atoms. The smallest absolute Gasteiger partial charge is 0.0616 e. The van der Waals surface area contributed by atoms with Gasteiger partial charge in [0.25, 0.3) is 0 Å². The van der Waals surface area contributed by atoms with Gasteiger partial charge in [0.15, 0.2) is 0 Å². The van der Waals surface area contributed by atoms with Crippen LogP contribution in [0, 0.1) is 0 Å². The number of fused-ring (bicyclic) bond motifs is 3. The van der Waals surface area contributed by atoms with E-state index in [0.717, 1.165) is 12.7 Å². The fourth-order valence-corrected chi connectivity index (χ4v) is 5.34. The Balaban J connectivity index is 1.67. The molecule has 1 aliphatic carbocycles. The van der Waals surface area contributed by atoms with Crippen LogP contribution in [0.25, 0.3) is 39.3 Å². The third kappa shape index (κ3) is 5.13. The van der Waals surface area contributed by atoms with Crippen LogP contribution in [-0.2, 0) is 0 Å². The number of hydrogen-bond donors (Lipinski definition) is 0. The van der Waals surface area contributed by atoms with Crippen molar-refractivity contribution in [3.05, 3.63) is 136 Å². The molecule has 4 aromatic carbocycles. The summed E-state index contributed by atoms with van der Waals surface area (Å²) in [4.78, 5) is 0. The Morgan fingerprint density at radius 3 is 2.19 bits per heavy atom. The van der Waals surface area contributed by atoms with Crippen LogP contribution < -0.4 is 10.4 Å². The minimum Gasteiger partial charge on any atom is -0.0616 e. The minimum atomic E-state index is 0.948. The molecule has 1 aliphatic rings. The maximum atomic E-state index is 2.32. The van der Waals surface area contributed by atoms with E-state index in [0.29, 0.717) is 0 Å². The average molecular weight is 476 g/mol. The standard InChI is InChI=1S/C36H33B/c1-4-30-32-20-9-10-21-34(32)36-23-12-11-22-35(36)33(30)24-14-16-27-15-7-6-8-19-31(27)29-18-13-17-28(25-29)26(3)37-5-2/h4,7-25H,5-6H2,1-3H3/b16-14+,30-4-,33-24+. The van der Waals surface area contributed by atoms with Gasteiger partial charge in [0.2, 0.25) is 0 Å². The monoisotopic (exact) mass is 476 g/mol. The molecule has 5 rings (SSSR count). The maximum absolute atomic E-state index is 2.32. The van der Waals surface area contributed by atoms with Crippen molar-refractivity contribution in [3.63, 3.8) is 0 Å². The van der Waals surface area contributed by atoms with Crippen molar-refractivity contribution in [2.45, 2.75) is 33.5 Å². The number of benzene rings is 4. The van der Waals surface area contributed by atoms with E-state index in [-0.39, 0.29) is 0 Å². The summed E-state index contributed by atoms with van der Waals surface area (Å²) < 4.78 is 0. The second kappa shape index (κ2) is 11.4. The molecule has 0 saturated carbocycles. The summed E-state index contributed by atoms with van der Waals surface area (Å²) in [6, 6.07) is 26.4. The van der Waals surface area contributed by atoms with Gasteiger partial charge < -0.3 is 0 Å². The summed E-state index contributed by atoms with van der Waals surface area (Å²) in [5.74, 6) is 0. The molecule has 0 nitrogen and oxygen atoms in total. The Labute approximate surface area is 221 Å². The Hall–Kier alpha value is -3.97. The SMILES string of the molecule is C\C=c1/c(=C\C=C\C2=C(c3cccc(C(C)=BCC)c3)C=CCC=C2)c2ccccc2c2ccccc12. The van der Waals surface area contributed by atoms with Crippen molar-refractivity contribution < 1.29 is 0 Å². The molecule has 1 heteroatoms. The van der Waals surface area contributed by atoms with Gasteiger partial charge >= 0.3 is 167 Å². The summed E-state index contributed by atoms with van der Waals surface area (Å²) in [5, 5.41) is 7.75. The Bertz CT molecular complexity index is 1740. The third-order valence-electron chi connectivity index (χ3n) is 7.15. The molecule has 0 saturated heterocycles. The van der Waals surface area contributed by atoms with Crippen molar-refractivity contribution in [2.24, 2.45) is 0 Å². The van der Waals surface area contributed by atoms with E-state index < -0.39 is 0 Å². The van der Waals surface area contributed by atoms with Crippen LogP contribution in [0.5, 0.6) is 0 Å². The molecule has 0 fully saturated rings. The summed E-state index contributed by atoms with van der Waals surface area (Å²) in [5.41, 5.74) is 6.35. The summed E-state index contributed by atoms with van der Waals surface area (Å²) in [7, 11) is 0. The van der Waals surface area contributed by atoms with Crippen LogP contribution in [0.1, 0.15) is 38.3 Å². The Morgan fingerprint density at radius 2 is 1.49 bits per heavy atom. The van der Waals surface area contributed by atoms with E-state index in [4.69, 9.17) is 0 Å². The van der Waals surface area contributed by atoms with Gasteiger partial charge in [-0.25, -0.2) is 0 Å². The van der Waals surface area contributed by atoms with Crippen molar-refractivity contribution >= 4 is 51.7 Å². The predicted octanol–water partition coefficient (Wildman–Crippen LogP) is 7.78. The summed E-state index contributed by atoms with van der Waals surface area (Å²) in [6.07, 6.45) is 20.0. The Morgan fingerprint density at radius 1 is 0.811 bits per heavy atom.